The number of nitrogens with two attached hydrogens (primary N) is 1. The summed E-state index contributed by atoms with van der Waals surface area (Å²) in [5, 5.41) is 8.96. The third-order valence-corrected chi connectivity index (χ3v) is 2.80. The number of aliphatic carboxylic acids is 1. The molecule has 15 heavy (non-hydrogen) atoms. The number of anilines is 1. The third-order valence-electron chi connectivity index (χ3n) is 2.80. The number of rotatable bonds is 4. The third kappa shape index (κ3) is 2.72. The van der Waals surface area contributed by atoms with Gasteiger partial charge in [-0.3, -0.25) is 4.79 Å². The van der Waals surface area contributed by atoms with Crippen molar-refractivity contribution in [1.29, 1.82) is 0 Å². The Labute approximate surface area is 89.9 Å². The van der Waals surface area contributed by atoms with Gasteiger partial charge in [-0.15, -0.1) is 0 Å². The van der Waals surface area contributed by atoms with Crippen LogP contribution in [0.5, 0.6) is 0 Å². The highest BCUT2D eigenvalue weighted by Crippen LogP contribution is 2.20. The number of carboxylic acid groups (broad SMARTS) is 1. The molecule has 1 aromatic rings. The predicted octanol–water partition coefficient (Wildman–Crippen LogP) is 2.23. The molecule has 0 saturated carbocycles. The molecule has 3 nitrogen and oxygen atoms in total. The van der Waals surface area contributed by atoms with E-state index in [1.54, 1.807) is 0 Å². The Morgan fingerprint density at radius 2 is 2.20 bits per heavy atom. The van der Waals surface area contributed by atoms with Crippen LogP contribution in [0.15, 0.2) is 18.2 Å². The molecule has 0 amide bonds. The first kappa shape index (κ1) is 11.6. The van der Waals surface area contributed by atoms with E-state index in [0.29, 0.717) is 12.8 Å². The molecule has 82 valence electrons. The van der Waals surface area contributed by atoms with Gasteiger partial charge < -0.3 is 10.8 Å². The smallest absolute Gasteiger partial charge is 0.306 e. The standard InChI is InChI=1S/C12H17NO2/c1-3-9(12(14)15)7-10-5-4-6-11(13)8(10)2/h4-6,9H,3,7,13H2,1-2H3,(H,14,15). The predicted molar refractivity (Wildman–Crippen MR) is 60.7 cm³/mol. The Morgan fingerprint density at radius 1 is 1.53 bits per heavy atom. The van der Waals surface area contributed by atoms with Crippen molar-refractivity contribution in [2.24, 2.45) is 5.92 Å². The summed E-state index contributed by atoms with van der Waals surface area (Å²) in [6.07, 6.45) is 1.20. The van der Waals surface area contributed by atoms with E-state index in [4.69, 9.17) is 10.8 Å². The number of carbonyl (C=O) groups is 1. The van der Waals surface area contributed by atoms with E-state index in [2.05, 4.69) is 0 Å². The highest BCUT2D eigenvalue weighted by atomic mass is 16.4. The van der Waals surface area contributed by atoms with Crippen LogP contribution in [0.1, 0.15) is 24.5 Å². The lowest BCUT2D eigenvalue weighted by Crippen LogP contribution is -2.16. The normalized spacial score (nSPS) is 12.4. The minimum atomic E-state index is -0.737. The quantitative estimate of drug-likeness (QED) is 0.744. The zero-order chi connectivity index (χ0) is 11.4. The van der Waals surface area contributed by atoms with Gasteiger partial charge in [-0.1, -0.05) is 19.1 Å². The Morgan fingerprint density at radius 3 is 2.73 bits per heavy atom. The van der Waals surface area contributed by atoms with Gasteiger partial charge in [-0.2, -0.15) is 0 Å². The van der Waals surface area contributed by atoms with Gasteiger partial charge in [0, 0.05) is 5.69 Å². The van der Waals surface area contributed by atoms with Crippen molar-refractivity contribution in [2.75, 3.05) is 5.73 Å². The summed E-state index contributed by atoms with van der Waals surface area (Å²) in [6, 6.07) is 5.64. The topological polar surface area (TPSA) is 63.3 Å². The summed E-state index contributed by atoms with van der Waals surface area (Å²) in [7, 11) is 0. The van der Waals surface area contributed by atoms with Gasteiger partial charge in [-0.05, 0) is 37.0 Å². The number of carboxylic acids is 1. The van der Waals surface area contributed by atoms with Gasteiger partial charge in [0.1, 0.15) is 0 Å². The van der Waals surface area contributed by atoms with Gasteiger partial charge in [-0.25, -0.2) is 0 Å². The zero-order valence-electron chi connectivity index (χ0n) is 9.16. The fourth-order valence-corrected chi connectivity index (χ4v) is 1.60. The fraction of sp³-hybridized carbons (Fsp3) is 0.417. The van der Waals surface area contributed by atoms with Crippen LogP contribution >= 0.6 is 0 Å². The van der Waals surface area contributed by atoms with Crippen molar-refractivity contribution in [1.82, 2.24) is 0 Å². The van der Waals surface area contributed by atoms with Gasteiger partial charge in [0.25, 0.3) is 0 Å². The maximum Gasteiger partial charge on any atom is 0.306 e. The fourth-order valence-electron chi connectivity index (χ4n) is 1.60. The van der Waals surface area contributed by atoms with Crippen molar-refractivity contribution >= 4 is 11.7 Å². The molecule has 1 aromatic carbocycles. The second-order valence-corrected chi connectivity index (χ2v) is 3.78. The highest BCUT2D eigenvalue weighted by Gasteiger charge is 2.16. The summed E-state index contributed by atoms with van der Waals surface area (Å²) in [5.41, 5.74) is 8.52. The van der Waals surface area contributed by atoms with E-state index in [1.165, 1.54) is 0 Å². The average molecular weight is 207 g/mol. The van der Waals surface area contributed by atoms with Crippen molar-refractivity contribution in [2.45, 2.75) is 26.7 Å². The summed E-state index contributed by atoms with van der Waals surface area (Å²) < 4.78 is 0. The second kappa shape index (κ2) is 4.82. The molecule has 1 unspecified atom stereocenters. The van der Waals surface area contributed by atoms with Gasteiger partial charge in [0.05, 0.1) is 5.92 Å². The van der Waals surface area contributed by atoms with E-state index in [-0.39, 0.29) is 5.92 Å². The summed E-state index contributed by atoms with van der Waals surface area (Å²) in [6.45, 7) is 3.82. The first-order valence-corrected chi connectivity index (χ1v) is 5.13. The van der Waals surface area contributed by atoms with Gasteiger partial charge in [0.15, 0.2) is 0 Å². The minimum absolute atomic E-state index is 0.314. The first-order valence-electron chi connectivity index (χ1n) is 5.13. The van der Waals surface area contributed by atoms with Gasteiger partial charge in [0.2, 0.25) is 0 Å². The molecule has 0 aromatic heterocycles. The molecule has 1 rings (SSSR count). The molecule has 3 N–H and O–H groups in total. The van der Waals surface area contributed by atoms with Crippen molar-refractivity contribution < 1.29 is 9.90 Å². The van der Waals surface area contributed by atoms with Crippen LogP contribution < -0.4 is 5.73 Å². The maximum atomic E-state index is 10.9. The van der Waals surface area contributed by atoms with Crippen LogP contribution in [0.4, 0.5) is 5.69 Å². The molecule has 0 heterocycles. The molecule has 0 aliphatic carbocycles. The molecule has 0 saturated heterocycles. The van der Waals surface area contributed by atoms with Crippen LogP contribution in [0.25, 0.3) is 0 Å². The number of hydrogen-bond acceptors (Lipinski definition) is 2. The van der Waals surface area contributed by atoms with Crippen LogP contribution in [0, 0.1) is 12.8 Å². The van der Waals surface area contributed by atoms with E-state index >= 15 is 0 Å². The SMILES string of the molecule is CCC(Cc1cccc(N)c1C)C(=O)O. The molecule has 0 aliphatic rings. The summed E-state index contributed by atoms with van der Waals surface area (Å²) >= 11 is 0. The van der Waals surface area contributed by atoms with E-state index in [0.717, 1.165) is 16.8 Å². The molecule has 3 heteroatoms. The minimum Gasteiger partial charge on any atom is -0.481 e. The second-order valence-electron chi connectivity index (χ2n) is 3.78. The van der Waals surface area contributed by atoms with E-state index < -0.39 is 5.97 Å². The number of hydrogen-bond donors (Lipinski definition) is 2. The zero-order valence-corrected chi connectivity index (χ0v) is 9.16. The van der Waals surface area contributed by atoms with Crippen LogP contribution in [0.3, 0.4) is 0 Å². The Kier molecular flexibility index (Phi) is 3.72. The van der Waals surface area contributed by atoms with Crippen LogP contribution in [-0.2, 0) is 11.2 Å². The van der Waals surface area contributed by atoms with Gasteiger partial charge >= 0.3 is 5.97 Å². The van der Waals surface area contributed by atoms with E-state index in [9.17, 15) is 4.79 Å². The molecular weight excluding hydrogens is 190 g/mol. The largest absolute Gasteiger partial charge is 0.481 e. The monoisotopic (exact) mass is 207 g/mol. The molecule has 0 radical (unpaired) electrons. The molecule has 1 atom stereocenters. The summed E-state index contributed by atoms with van der Waals surface area (Å²) in [4.78, 5) is 10.9. The van der Waals surface area contributed by atoms with Crippen molar-refractivity contribution in [3.8, 4) is 0 Å². The first-order chi connectivity index (χ1) is 7.06. The summed E-state index contributed by atoms with van der Waals surface area (Å²) in [5.74, 6) is -1.05. The Hall–Kier alpha value is -1.51. The highest BCUT2D eigenvalue weighted by molar-refractivity contribution is 5.70. The van der Waals surface area contributed by atoms with E-state index in [1.807, 2.05) is 32.0 Å². The Bertz CT molecular complexity index is 361. The molecule has 0 fully saturated rings. The van der Waals surface area contributed by atoms with Crippen LogP contribution in [-0.4, -0.2) is 11.1 Å². The lowest BCUT2D eigenvalue weighted by molar-refractivity contribution is -0.141. The Balaban J connectivity index is 2.88. The van der Waals surface area contributed by atoms with Crippen molar-refractivity contribution in [3.05, 3.63) is 29.3 Å². The molecular formula is C12H17NO2. The molecule has 0 spiro atoms. The van der Waals surface area contributed by atoms with Crippen molar-refractivity contribution in [3.63, 3.8) is 0 Å². The molecule has 0 bridgehead atoms. The lowest BCUT2D eigenvalue weighted by atomic mass is 9.94. The number of benzene rings is 1. The lowest BCUT2D eigenvalue weighted by Gasteiger charge is -2.12. The maximum absolute atomic E-state index is 10.9. The number of nitrogen functional groups attached to an aromatic ring is 1. The van der Waals surface area contributed by atoms with Crippen LogP contribution in [0.2, 0.25) is 0 Å². The molecule has 0 aliphatic heterocycles. The average Bonchev–Trinajstić information content (AvgIpc) is 2.19.